The van der Waals surface area contributed by atoms with Crippen LogP contribution >= 0.6 is 11.8 Å². The average Bonchev–Trinajstić information content (AvgIpc) is 2.95. The number of carbonyl (C=O) groups excluding carboxylic acids is 1. The number of amides is 1. The molecule has 5 rings (SSSR count). The first kappa shape index (κ1) is 17.6. The van der Waals surface area contributed by atoms with Crippen molar-refractivity contribution in [3.05, 3.63) is 59.9 Å². The maximum atomic E-state index is 13.0. The molecule has 2 aromatic rings. The Hall–Kier alpha value is -1.85. The van der Waals surface area contributed by atoms with E-state index < -0.39 is 0 Å². The van der Waals surface area contributed by atoms with E-state index in [9.17, 15) is 4.79 Å². The number of pyridine rings is 1. The Morgan fingerprint density at radius 2 is 1.92 bits per heavy atom. The lowest BCUT2D eigenvalue weighted by Gasteiger charge is -2.35. The highest BCUT2D eigenvalue weighted by Gasteiger charge is 2.40. The Labute approximate surface area is 159 Å². The maximum Gasteiger partial charge on any atom is 0.227 e. The normalized spacial score (nSPS) is 23.3. The Morgan fingerprint density at radius 1 is 1.08 bits per heavy atom. The molecule has 0 saturated carbocycles. The van der Waals surface area contributed by atoms with Crippen LogP contribution in [0, 0.1) is 5.92 Å². The molecular weight excluding hydrogens is 342 g/mol. The van der Waals surface area contributed by atoms with Crippen LogP contribution in [-0.2, 0) is 17.9 Å². The lowest BCUT2D eigenvalue weighted by molar-refractivity contribution is -0.140. The fourth-order valence-electron chi connectivity index (χ4n) is 4.12. The van der Waals surface area contributed by atoms with Crippen molar-refractivity contribution in [1.29, 1.82) is 0 Å². The molecule has 2 bridgehead atoms. The fourth-order valence-corrected chi connectivity index (χ4v) is 4.53. The van der Waals surface area contributed by atoms with Crippen molar-refractivity contribution in [3.8, 4) is 0 Å². The van der Waals surface area contributed by atoms with Crippen LogP contribution in [0.5, 0.6) is 0 Å². The van der Waals surface area contributed by atoms with Gasteiger partial charge in [-0.2, -0.15) is 0 Å². The molecule has 0 radical (unpaired) electrons. The van der Waals surface area contributed by atoms with Crippen LogP contribution in [0.3, 0.4) is 0 Å². The molecule has 0 unspecified atom stereocenters. The summed E-state index contributed by atoms with van der Waals surface area (Å²) in [6, 6.07) is 15.0. The van der Waals surface area contributed by atoms with Crippen molar-refractivity contribution >= 4 is 17.7 Å². The number of aromatic nitrogens is 1. The van der Waals surface area contributed by atoms with E-state index in [1.807, 2.05) is 18.2 Å². The van der Waals surface area contributed by atoms with Gasteiger partial charge in [0.25, 0.3) is 0 Å². The molecule has 5 heteroatoms. The van der Waals surface area contributed by atoms with Crippen LogP contribution in [-0.4, -0.2) is 46.1 Å². The van der Waals surface area contributed by atoms with Crippen LogP contribution < -0.4 is 0 Å². The van der Waals surface area contributed by atoms with Crippen LogP contribution in [0.15, 0.2) is 53.6 Å². The summed E-state index contributed by atoms with van der Waals surface area (Å²) in [4.78, 5) is 23.2. The van der Waals surface area contributed by atoms with E-state index in [2.05, 4.69) is 45.3 Å². The van der Waals surface area contributed by atoms with Crippen molar-refractivity contribution < 1.29 is 4.79 Å². The van der Waals surface area contributed by atoms with Crippen LogP contribution in [0.25, 0.3) is 0 Å². The summed E-state index contributed by atoms with van der Waals surface area (Å²) in [6.45, 7) is 3.39. The average molecular weight is 368 g/mol. The summed E-state index contributed by atoms with van der Waals surface area (Å²) in [6.07, 6.45) is 6.03. The van der Waals surface area contributed by atoms with Crippen molar-refractivity contribution in [2.45, 2.75) is 36.9 Å². The van der Waals surface area contributed by atoms with Gasteiger partial charge in [-0.3, -0.25) is 14.7 Å². The molecule has 3 aliphatic heterocycles. The molecule has 3 aliphatic rings. The molecule has 26 heavy (non-hydrogen) atoms. The summed E-state index contributed by atoms with van der Waals surface area (Å²) >= 11 is 1.77. The van der Waals surface area contributed by atoms with Crippen molar-refractivity contribution in [2.75, 3.05) is 19.3 Å². The van der Waals surface area contributed by atoms with Gasteiger partial charge < -0.3 is 4.90 Å². The number of nitrogens with zero attached hydrogens (tertiary/aromatic N) is 3. The molecule has 136 valence electrons. The number of hydrogen-bond donors (Lipinski definition) is 0. The summed E-state index contributed by atoms with van der Waals surface area (Å²) < 4.78 is 0. The largest absolute Gasteiger partial charge is 0.332 e. The molecular formula is C21H25N3OS. The number of piperidine rings is 1. The number of rotatable bonds is 5. The van der Waals surface area contributed by atoms with Gasteiger partial charge in [0.1, 0.15) is 0 Å². The lowest BCUT2D eigenvalue weighted by Crippen LogP contribution is -2.47. The molecule has 4 heterocycles. The summed E-state index contributed by atoms with van der Waals surface area (Å²) in [5.41, 5.74) is 2.31. The van der Waals surface area contributed by atoms with Gasteiger partial charge in [-0.1, -0.05) is 18.2 Å². The van der Waals surface area contributed by atoms with Crippen molar-refractivity contribution in [2.24, 2.45) is 5.92 Å². The standard InChI is InChI=1S/C21H25N3OS/c1-26-20-9-5-16(6-10-20)12-23-13-17-7-8-19(15-23)24(21(17)25)14-18-4-2-3-11-22-18/h2-6,9-11,17,19H,7-8,12-15H2,1H3/t17-,19+/m1/s1. The van der Waals surface area contributed by atoms with Gasteiger partial charge >= 0.3 is 0 Å². The second-order valence-electron chi connectivity index (χ2n) is 7.26. The zero-order valence-electron chi connectivity index (χ0n) is 15.2. The Morgan fingerprint density at radius 3 is 2.65 bits per heavy atom. The zero-order chi connectivity index (χ0) is 17.9. The van der Waals surface area contributed by atoms with Gasteiger partial charge in [-0.25, -0.2) is 0 Å². The predicted molar refractivity (Wildman–Crippen MR) is 105 cm³/mol. The molecule has 0 spiro atoms. The second-order valence-corrected chi connectivity index (χ2v) is 8.14. The van der Waals surface area contributed by atoms with Gasteiger partial charge in [0.2, 0.25) is 5.91 Å². The van der Waals surface area contributed by atoms with E-state index in [4.69, 9.17) is 0 Å². The monoisotopic (exact) mass is 367 g/mol. The van der Waals surface area contributed by atoms with Gasteiger partial charge in [0, 0.05) is 36.8 Å². The quantitative estimate of drug-likeness (QED) is 0.759. The molecule has 0 aliphatic carbocycles. The van der Waals surface area contributed by atoms with Crippen molar-refractivity contribution in [3.63, 3.8) is 0 Å². The van der Waals surface area contributed by atoms with E-state index in [0.717, 1.165) is 38.2 Å². The SMILES string of the molecule is CSc1ccc(CN2C[C@H]3CC[C@@H](C2)N(Cc2ccccn2)C3=O)cc1. The molecule has 0 N–H and O–H groups in total. The number of carbonyl (C=O) groups is 1. The summed E-state index contributed by atoms with van der Waals surface area (Å²) in [7, 11) is 0. The third-order valence-electron chi connectivity index (χ3n) is 5.49. The maximum absolute atomic E-state index is 13.0. The van der Waals surface area contributed by atoms with Crippen LogP contribution in [0.1, 0.15) is 24.1 Å². The van der Waals surface area contributed by atoms with E-state index in [1.54, 1.807) is 18.0 Å². The molecule has 1 amide bonds. The summed E-state index contributed by atoms with van der Waals surface area (Å²) in [5, 5.41) is 0. The molecule has 4 nitrogen and oxygen atoms in total. The Bertz CT molecular complexity index is 750. The van der Waals surface area contributed by atoms with E-state index >= 15 is 0 Å². The lowest BCUT2D eigenvalue weighted by atomic mass is 9.94. The van der Waals surface area contributed by atoms with E-state index in [0.29, 0.717) is 18.5 Å². The molecule has 2 atom stereocenters. The van der Waals surface area contributed by atoms with Gasteiger partial charge in [0.15, 0.2) is 0 Å². The first-order valence-electron chi connectivity index (χ1n) is 9.28. The Kier molecular flexibility index (Phi) is 5.27. The summed E-state index contributed by atoms with van der Waals surface area (Å²) in [5.74, 6) is 0.440. The highest BCUT2D eigenvalue weighted by Crippen LogP contribution is 2.31. The van der Waals surface area contributed by atoms with Gasteiger partial charge in [-0.15, -0.1) is 11.8 Å². The minimum atomic E-state index is 0.128. The number of thioether (sulfide) groups is 1. The number of fused-ring (bicyclic) bond motifs is 4. The first-order chi connectivity index (χ1) is 12.7. The highest BCUT2D eigenvalue weighted by atomic mass is 32.2. The third kappa shape index (κ3) is 3.79. The first-order valence-corrected chi connectivity index (χ1v) is 10.5. The van der Waals surface area contributed by atoms with Crippen LogP contribution in [0.4, 0.5) is 0 Å². The number of hydrogen-bond acceptors (Lipinski definition) is 4. The molecule has 1 aromatic heterocycles. The topological polar surface area (TPSA) is 36.4 Å². The minimum absolute atomic E-state index is 0.128. The molecule has 3 fully saturated rings. The highest BCUT2D eigenvalue weighted by molar-refractivity contribution is 7.98. The molecule has 1 aromatic carbocycles. The zero-order valence-corrected chi connectivity index (χ0v) is 16.0. The predicted octanol–water partition coefficient (Wildman–Crippen LogP) is 3.43. The van der Waals surface area contributed by atoms with Crippen molar-refractivity contribution in [1.82, 2.24) is 14.8 Å². The van der Waals surface area contributed by atoms with E-state index in [1.165, 1.54) is 10.5 Å². The minimum Gasteiger partial charge on any atom is -0.332 e. The smallest absolute Gasteiger partial charge is 0.227 e. The van der Waals surface area contributed by atoms with E-state index in [-0.39, 0.29) is 5.92 Å². The Balaban J connectivity index is 1.47. The van der Waals surface area contributed by atoms with Gasteiger partial charge in [-0.05, 0) is 48.9 Å². The third-order valence-corrected chi connectivity index (χ3v) is 6.24. The molecule has 3 saturated heterocycles. The van der Waals surface area contributed by atoms with Gasteiger partial charge in [0.05, 0.1) is 18.2 Å². The number of benzene rings is 1. The fraction of sp³-hybridized carbons (Fsp3) is 0.429. The second kappa shape index (κ2) is 7.80. The van der Waals surface area contributed by atoms with Crippen LogP contribution in [0.2, 0.25) is 0 Å².